The standard InChI is InChI=1S/C28H30N4O3/c1-32-17-23(24(18-32)28(34)30-21-12-14-22(35-2)15-13-21)20-10-7-19(8-11-20)9-16-27(33)31-26-6-4-3-5-25(26)29/h3-16,23-24H,17-18,29H2,1-2H3,(H,30,34)(H,31,33)/b16-9+. The Morgan fingerprint density at radius 1 is 0.971 bits per heavy atom. The zero-order valence-electron chi connectivity index (χ0n) is 19.9. The van der Waals surface area contributed by atoms with E-state index < -0.39 is 0 Å². The predicted molar refractivity (Wildman–Crippen MR) is 140 cm³/mol. The van der Waals surface area contributed by atoms with E-state index in [1.54, 1.807) is 25.3 Å². The van der Waals surface area contributed by atoms with Crippen LogP contribution in [-0.2, 0) is 9.59 Å². The number of rotatable bonds is 7. The number of anilines is 3. The fraction of sp³-hybridized carbons (Fsp3) is 0.214. The van der Waals surface area contributed by atoms with Crippen LogP contribution in [0.4, 0.5) is 17.1 Å². The molecule has 1 saturated heterocycles. The number of hydrogen-bond acceptors (Lipinski definition) is 5. The van der Waals surface area contributed by atoms with Crippen molar-refractivity contribution in [3.05, 3.63) is 90.0 Å². The molecule has 2 atom stereocenters. The van der Waals surface area contributed by atoms with Gasteiger partial charge < -0.3 is 26.0 Å². The molecule has 7 nitrogen and oxygen atoms in total. The molecule has 0 radical (unpaired) electrons. The number of carbonyl (C=O) groups excluding carboxylic acids is 2. The Labute approximate surface area is 205 Å². The van der Waals surface area contributed by atoms with Gasteiger partial charge in [-0.2, -0.15) is 0 Å². The molecule has 0 spiro atoms. The van der Waals surface area contributed by atoms with Gasteiger partial charge in [0.15, 0.2) is 0 Å². The Kier molecular flexibility index (Phi) is 7.48. The van der Waals surface area contributed by atoms with Crippen molar-refractivity contribution < 1.29 is 14.3 Å². The second-order valence-corrected chi connectivity index (χ2v) is 8.73. The lowest BCUT2D eigenvalue weighted by Crippen LogP contribution is -2.28. The van der Waals surface area contributed by atoms with Crippen molar-refractivity contribution in [2.45, 2.75) is 5.92 Å². The van der Waals surface area contributed by atoms with Crippen LogP contribution in [0.15, 0.2) is 78.9 Å². The molecule has 0 bridgehead atoms. The fourth-order valence-electron chi connectivity index (χ4n) is 4.32. The smallest absolute Gasteiger partial charge is 0.248 e. The van der Waals surface area contributed by atoms with E-state index in [2.05, 4.69) is 15.5 Å². The molecule has 35 heavy (non-hydrogen) atoms. The minimum absolute atomic E-state index is 0.00495. The molecule has 1 aliphatic rings. The van der Waals surface area contributed by atoms with Crippen LogP contribution in [0, 0.1) is 5.92 Å². The summed E-state index contributed by atoms with van der Waals surface area (Å²) in [5, 5.41) is 5.82. The summed E-state index contributed by atoms with van der Waals surface area (Å²) in [6, 6.07) is 22.5. The minimum atomic E-state index is -0.250. The molecule has 7 heteroatoms. The van der Waals surface area contributed by atoms with Crippen molar-refractivity contribution in [1.82, 2.24) is 4.90 Å². The number of para-hydroxylation sites is 2. The van der Waals surface area contributed by atoms with Gasteiger partial charge in [0.2, 0.25) is 11.8 Å². The molecule has 4 N–H and O–H groups in total. The first-order chi connectivity index (χ1) is 16.9. The second-order valence-electron chi connectivity index (χ2n) is 8.73. The van der Waals surface area contributed by atoms with Gasteiger partial charge in [-0.25, -0.2) is 0 Å². The first kappa shape index (κ1) is 24.0. The predicted octanol–water partition coefficient (Wildman–Crippen LogP) is 4.21. The third kappa shape index (κ3) is 6.07. The van der Waals surface area contributed by atoms with Gasteiger partial charge >= 0.3 is 0 Å². The van der Waals surface area contributed by atoms with Crippen LogP contribution in [0.2, 0.25) is 0 Å². The average Bonchev–Trinajstić information content (AvgIpc) is 3.27. The summed E-state index contributed by atoms with van der Waals surface area (Å²) in [6.07, 6.45) is 3.24. The highest BCUT2D eigenvalue weighted by Crippen LogP contribution is 2.33. The molecule has 1 aliphatic heterocycles. The number of likely N-dealkylation sites (tertiary alicyclic amines) is 1. The molecule has 1 fully saturated rings. The summed E-state index contributed by atoms with van der Waals surface area (Å²) in [6.45, 7) is 1.49. The lowest BCUT2D eigenvalue weighted by atomic mass is 9.88. The number of likely N-dealkylation sites (N-methyl/N-ethyl adjacent to an activating group) is 1. The van der Waals surface area contributed by atoms with Crippen LogP contribution in [0.5, 0.6) is 5.75 Å². The number of carbonyl (C=O) groups is 2. The zero-order chi connectivity index (χ0) is 24.8. The van der Waals surface area contributed by atoms with E-state index in [1.807, 2.05) is 67.7 Å². The van der Waals surface area contributed by atoms with Crippen molar-refractivity contribution in [3.63, 3.8) is 0 Å². The SMILES string of the molecule is COc1ccc(NC(=O)C2CN(C)CC2c2ccc(/C=C/C(=O)Nc3ccccc3N)cc2)cc1. The van der Waals surface area contributed by atoms with E-state index in [0.717, 1.165) is 29.1 Å². The number of nitrogen functional groups attached to an aromatic ring is 1. The highest BCUT2D eigenvalue weighted by atomic mass is 16.5. The van der Waals surface area contributed by atoms with E-state index in [4.69, 9.17) is 10.5 Å². The lowest BCUT2D eigenvalue weighted by Gasteiger charge is -2.19. The van der Waals surface area contributed by atoms with Gasteiger partial charge in [0.25, 0.3) is 0 Å². The van der Waals surface area contributed by atoms with Crippen molar-refractivity contribution in [2.75, 3.05) is 43.6 Å². The minimum Gasteiger partial charge on any atom is -0.497 e. The van der Waals surface area contributed by atoms with E-state index >= 15 is 0 Å². The summed E-state index contributed by atoms with van der Waals surface area (Å²) in [5.74, 6) is 0.425. The molecular weight excluding hydrogens is 440 g/mol. The zero-order valence-corrected chi connectivity index (χ0v) is 19.9. The van der Waals surface area contributed by atoms with Crippen LogP contribution in [0.25, 0.3) is 6.08 Å². The summed E-state index contributed by atoms with van der Waals surface area (Å²) >= 11 is 0. The molecule has 4 rings (SSSR count). The van der Waals surface area contributed by atoms with Gasteiger partial charge in [0.05, 0.1) is 24.4 Å². The number of benzene rings is 3. The summed E-state index contributed by atoms with van der Waals surface area (Å²) in [7, 11) is 3.65. The monoisotopic (exact) mass is 470 g/mol. The third-order valence-electron chi connectivity index (χ3n) is 6.21. The number of nitrogens with two attached hydrogens (primary N) is 1. The average molecular weight is 471 g/mol. The van der Waals surface area contributed by atoms with Gasteiger partial charge in [-0.3, -0.25) is 9.59 Å². The van der Waals surface area contributed by atoms with E-state index in [0.29, 0.717) is 17.9 Å². The van der Waals surface area contributed by atoms with Gasteiger partial charge in [-0.15, -0.1) is 0 Å². The van der Waals surface area contributed by atoms with Gasteiger partial charge in [-0.1, -0.05) is 36.4 Å². The second kappa shape index (κ2) is 10.9. The maximum atomic E-state index is 13.1. The molecule has 1 heterocycles. The first-order valence-corrected chi connectivity index (χ1v) is 11.5. The van der Waals surface area contributed by atoms with Crippen molar-refractivity contribution in [2.24, 2.45) is 5.92 Å². The van der Waals surface area contributed by atoms with E-state index in [-0.39, 0.29) is 23.7 Å². The number of ether oxygens (including phenoxy) is 1. The van der Waals surface area contributed by atoms with Crippen LogP contribution in [0.1, 0.15) is 17.0 Å². The highest BCUT2D eigenvalue weighted by molar-refractivity contribution is 6.03. The largest absolute Gasteiger partial charge is 0.497 e. The summed E-state index contributed by atoms with van der Waals surface area (Å²) < 4.78 is 5.18. The molecule has 180 valence electrons. The first-order valence-electron chi connectivity index (χ1n) is 11.5. The molecule has 3 aromatic rings. The number of hydrogen-bond donors (Lipinski definition) is 3. The Balaban J connectivity index is 1.40. The molecule has 0 aromatic heterocycles. The highest BCUT2D eigenvalue weighted by Gasteiger charge is 2.37. The van der Waals surface area contributed by atoms with Crippen molar-refractivity contribution >= 4 is 35.0 Å². The number of nitrogens with zero attached hydrogens (tertiary/aromatic N) is 1. The molecule has 0 aliphatic carbocycles. The Morgan fingerprint density at radius 3 is 2.37 bits per heavy atom. The molecule has 0 saturated carbocycles. The third-order valence-corrected chi connectivity index (χ3v) is 6.21. The maximum Gasteiger partial charge on any atom is 0.248 e. The summed E-state index contributed by atoms with van der Waals surface area (Å²) in [4.78, 5) is 27.5. The molecule has 2 unspecified atom stereocenters. The Bertz CT molecular complexity index is 1210. The lowest BCUT2D eigenvalue weighted by molar-refractivity contribution is -0.119. The Morgan fingerprint density at radius 2 is 1.69 bits per heavy atom. The van der Waals surface area contributed by atoms with Crippen LogP contribution >= 0.6 is 0 Å². The normalized spacial score (nSPS) is 17.9. The molecular formula is C28H30N4O3. The van der Waals surface area contributed by atoms with Crippen LogP contribution in [-0.4, -0.2) is 44.0 Å². The molecule has 2 amide bonds. The van der Waals surface area contributed by atoms with E-state index in [1.165, 1.54) is 6.08 Å². The fourth-order valence-corrected chi connectivity index (χ4v) is 4.32. The quantitative estimate of drug-likeness (QED) is 0.355. The van der Waals surface area contributed by atoms with Crippen LogP contribution in [0.3, 0.4) is 0 Å². The van der Waals surface area contributed by atoms with Gasteiger partial charge in [-0.05, 0) is 60.6 Å². The molecule has 3 aromatic carbocycles. The number of amides is 2. The van der Waals surface area contributed by atoms with E-state index in [9.17, 15) is 9.59 Å². The number of nitrogens with one attached hydrogen (secondary N) is 2. The van der Waals surface area contributed by atoms with Gasteiger partial charge in [0.1, 0.15) is 5.75 Å². The van der Waals surface area contributed by atoms with Gasteiger partial charge in [0, 0.05) is 30.8 Å². The summed E-state index contributed by atoms with van der Waals surface area (Å²) in [5.41, 5.74) is 9.73. The van der Waals surface area contributed by atoms with Crippen molar-refractivity contribution in [3.8, 4) is 5.75 Å². The maximum absolute atomic E-state index is 13.1. The number of methoxy groups -OCH3 is 1. The topological polar surface area (TPSA) is 96.7 Å². The van der Waals surface area contributed by atoms with Crippen molar-refractivity contribution in [1.29, 1.82) is 0 Å². The Hall–Kier alpha value is -4.10. The van der Waals surface area contributed by atoms with Crippen LogP contribution < -0.4 is 21.1 Å².